The molecule has 0 aliphatic heterocycles. The average Bonchev–Trinajstić information content (AvgIpc) is 3.10. The van der Waals surface area contributed by atoms with Crippen molar-refractivity contribution in [1.29, 1.82) is 0 Å². The van der Waals surface area contributed by atoms with Crippen LogP contribution in [0.15, 0.2) is 53.1 Å². The fourth-order valence-corrected chi connectivity index (χ4v) is 2.74. The minimum absolute atomic E-state index is 0.145. The van der Waals surface area contributed by atoms with Gasteiger partial charge >= 0.3 is 0 Å². The number of ether oxygens (including phenoxy) is 1. The molecule has 1 heterocycles. The lowest BCUT2D eigenvalue weighted by molar-refractivity contribution is 0.216. The molecule has 0 aliphatic rings. The van der Waals surface area contributed by atoms with Gasteiger partial charge in [-0.2, -0.15) is 4.98 Å². The van der Waals surface area contributed by atoms with Crippen molar-refractivity contribution >= 4 is 0 Å². The predicted octanol–water partition coefficient (Wildman–Crippen LogP) is 4.00. The zero-order valence-electron chi connectivity index (χ0n) is 15.1. The minimum atomic E-state index is -0.261. The van der Waals surface area contributed by atoms with E-state index in [1.807, 2.05) is 25.2 Å². The van der Waals surface area contributed by atoms with Crippen LogP contribution >= 0.6 is 0 Å². The summed E-state index contributed by atoms with van der Waals surface area (Å²) in [4.78, 5) is 6.49. The normalized spacial score (nSPS) is 12.3. The topological polar surface area (TPSA) is 51.4 Å². The summed E-state index contributed by atoms with van der Waals surface area (Å²) >= 11 is 0. The molecule has 0 aliphatic carbocycles. The Morgan fingerprint density at radius 3 is 2.77 bits per heavy atom. The lowest BCUT2D eigenvalue weighted by Gasteiger charge is -2.23. The number of rotatable bonds is 7. The molecule has 1 unspecified atom stereocenters. The maximum atomic E-state index is 13.7. The Balaban J connectivity index is 1.65. The van der Waals surface area contributed by atoms with E-state index in [0.29, 0.717) is 30.2 Å². The van der Waals surface area contributed by atoms with Crippen molar-refractivity contribution in [3.8, 4) is 5.75 Å². The lowest BCUT2D eigenvalue weighted by Crippen LogP contribution is -2.22. The summed E-state index contributed by atoms with van der Waals surface area (Å²) in [6, 6.07) is 14.7. The van der Waals surface area contributed by atoms with E-state index in [0.717, 1.165) is 11.3 Å². The van der Waals surface area contributed by atoms with Crippen LogP contribution in [-0.2, 0) is 13.0 Å². The molecule has 0 fully saturated rings. The lowest BCUT2D eigenvalue weighted by atomic mass is 10.1. The molecule has 0 saturated carbocycles. The number of hydrogen-bond donors (Lipinski definition) is 0. The van der Waals surface area contributed by atoms with Crippen LogP contribution in [0, 0.1) is 5.82 Å². The second-order valence-corrected chi connectivity index (χ2v) is 6.24. The Morgan fingerprint density at radius 1 is 1.19 bits per heavy atom. The molecule has 136 valence electrons. The highest BCUT2D eigenvalue weighted by Crippen LogP contribution is 2.24. The first-order chi connectivity index (χ1) is 12.6. The average molecular weight is 355 g/mol. The van der Waals surface area contributed by atoms with Crippen molar-refractivity contribution in [3.63, 3.8) is 0 Å². The van der Waals surface area contributed by atoms with E-state index in [2.05, 4.69) is 28.0 Å². The molecule has 6 heteroatoms. The number of hydrogen-bond acceptors (Lipinski definition) is 5. The third-order valence-electron chi connectivity index (χ3n) is 4.44. The molecule has 0 bridgehead atoms. The second-order valence-electron chi connectivity index (χ2n) is 6.24. The molecular weight excluding hydrogens is 333 g/mol. The third kappa shape index (κ3) is 4.26. The smallest absolute Gasteiger partial charge is 0.240 e. The Bertz CT molecular complexity index is 866. The highest BCUT2D eigenvalue weighted by molar-refractivity contribution is 5.30. The van der Waals surface area contributed by atoms with E-state index in [1.165, 1.54) is 6.07 Å². The molecule has 1 atom stereocenters. The van der Waals surface area contributed by atoms with Crippen molar-refractivity contribution < 1.29 is 13.7 Å². The van der Waals surface area contributed by atoms with E-state index in [-0.39, 0.29) is 11.9 Å². The van der Waals surface area contributed by atoms with Gasteiger partial charge in [-0.25, -0.2) is 4.39 Å². The molecular formula is C20H22FN3O2. The van der Waals surface area contributed by atoms with E-state index in [1.54, 1.807) is 25.3 Å². The van der Waals surface area contributed by atoms with Crippen molar-refractivity contribution in [2.24, 2.45) is 0 Å². The number of halogens is 1. The number of nitrogens with zero attached hydrogens (tertiary/aromatic N) is 3. The summed E-state index contributed by atoms with van der Waals surface area (Å²) in [5.41, 5.74) is 1.69. The van der Waals surface area contributed by atoms with Gasteiger partial charge in [0.1, 0.15) is 11.6 Å². The Kier molecular flexibility index (Phi) is 5.63. The van der Waals surface area contributed by atoms with Crippen molar-refractivity contribution in [2.75, 3.05) is 14.2 Å². The fraction of sp³-hybridized carbons (Fsp3) is 0.300. The summed E-state index contributed by atoms with van der Waals surface area (Å²) in [6.45, 7) is 2.61. The summed E-state index contributed by atoms with van der Waals surface area (Å²) in [5.74, 6) is 1.55. The molecule has 1 aromatic heterocycles. The van der Waals surface area contributed by atoms with Crippen molar-refractivity contribution in [1.82, 2.24) is 15.0 Å². The quantitative estimate of drug-likeness (QED) is 0.641. The van der Waals surface area contributed by atoms with E-state index in [9.17, 15) is 4.39 Å². The molecule has 3 rings (SSSR count). The van der Waals surface area contributed by atoms with Gasteiger partial charge in [-0.1, -0.05) is 35.5 Å². The zero-order chi connectivity index (χ0) is 18.5. The fourth-order valence-electron chi connectivity index (χ4n) is 2.74. The van der Waals surface area contributed by atoms with Crippen LogP contribution in [0.2, 0.25) is 0 Å². The van der Waals surface area contributed by atoms with Crippen LogP contribution in [0.3, 0.4) is 0 Å². The summed E-state index contributed by atoms with van der Waals surface area (Å²) < 4.78 is 24.4. The molecule has 5 nitrogen and oxygen atoms in total. The first-order valence-electron chi connectivity index (χ1n) is 8.46. The van der Waals surface area contributed by atoms with Crippen LogP contribution in [-0.4, -0.2) is 29.2 Å². The van der Waals surface area contributed by atoms with E-state index < -0.39 is 0 Å². The number of methoxy groups -OCH3 is 1. The molecule has 2 aromatic carbocycles. The van der Waals surface area contributed by atoms with Gasteiger partial charge in [0.15, 0.2) is 5.82 Å². The number of aromatic nitrogens is 2. The van der Waals surface area contributed by atoms with Crippen LogP contribution in [0.1, 0.15) is 35.8 Å². The van der Waals surface area contributed by atoms with Crippen LogP contribution < -0.4 is 4.74 Å². The van der Waals surface area contributed by atoms with E-state index >= 15 is 0 Å². The summed E-state index contributed by atoms with van der Waals surface area (Å²) in [7, 11) is 3.65. The SMILES string of the molecule is COc1cccc(C(C)N(C)Cc2nc(Cc3ccccc3F)no2)c1. The molecule has 0 N–H and O–H groups in total. The van der Waals surface area contributed by atoms with Gasteiger partial charge in [-0.15, -0.1) is 0 Å². The highest BCUT2D eigenvalue weighted by Gasteiger charge is 2.16. The second kappa shape index (κ2) is 8.10. The molecule has 0 spiro atoms. The molecule has 0 saturated heterocycles. The van der Waals surface area contributed by atoms with Crippen molar-refractivity contribution in [3.05, 3.63) is 77.2 Å². The van der Waals surface area contributed by atoms with Gasteiger partial charge in [0.05, 0.1) is 13.7 Å². The number of benzene rings is 2. The van der Waals surface area contributed by atoms with Gasteiger partial charge in [0, 0.05) is 12.5 Å². The standard InChI is InChI=1S/C20H22FN3O2/c1-14(15-8-6-9-17(11-15)25-3)24(2)13-20-22-19(23-26-20)12-16-7-4-5-10-18(16)21/h4-11,14H,12-13H2,1-3H3. The van der Waals surface area contributed by atoms with Gasteiger partial charge in [0.2, 0.25) is 5.89 Å². The Morgan fingerprint density at radius 2 is 2.00 bits per heavy atom. The largest absolute Gasteiger partial charge is 0.497 e. The first kappa shape index (κ1) is 18.1. The van der Waals surface area contributed by atoms with Crippen LogP contribution in [0.5, 0.6) is 5.75 Å². The minimum Gasteiger partial charge on any atom is -0.497 e. The predicted molar refractivity (Wildman–Crippen MR) is 96.4 cm³/mol. The van der Waals surface area contributed by atoms with Crippen LogP contribution in [0.4, 0.5) is 4.39 Å². The first-order valence-corrected chi connectivity index (χ1v) is 8.46. The monoisotopic (exact) mass is 355 g/mol. The highest BCUT2D eigenvalue weighted by atomic mass is 19.1. The van der Waals surface area contributed by atoms with E-state index in [4.69, 9.17) is 9.26 Å². The molecule has 3 aromatic rings. The van der Waals surface area contributed by atoms with Gasteiger partial charge in [-0.05, 0) is 43.3 Å². The van der Waals surface area contributed by atoms with Gasteiger partial charge in [0.25, 0.3) is 0 Å². The third-order valence-corrected chi connectivity index (χ3v) is 4.44. The molecule has 0 amide bonds. The maximum Gasteiger partial charge on any atom is 0.240 e. The van der Waals surface area contributed by atoms with Crippen LogP contribution in [0.25, 0.3) is 0 Å². The van der Waals surface area contributed by atoms with Crippen molar-refractivity contribution in [2.45, 2.75) is 25.9 Å². The Hall–Kier alpha value is -2.73. The van der Waals surface area contributed by atoms with Gasteiger partial charge < -0.3 is 9.26 Å². The molecule has 0 radical (unpaired) electrons. The van der Waals surface area contributed by atoms with Gasteiger partial charge in [-0.3, -0.25) is 4.90 Å². The maximum absolute atomic E-state index is 13.7. The zero-order valence-corrected chi connectivity index (χ0v) is 15.1. The summed E-state index contributed by atoms with van der Waals surface area (Å²) in [6.07, 6.45) is 0.311. The Labute approximate surface area is 152 Å². The summed E-state index contributed by atoms with van der Waals surface area (Å²) in [5, 5.41) is 3.97. The molecule has 26 heavy (non-hydrogen) atoms.